The monoisotopic (exact) mass is 602 g/mol. The van der Waals surface area contributed by atoms with Crippen molar-refractivity contribution in [3.8, 4) is 0 Å². The largest absolute Gasteiger partial charge is 0.394 e. The maximum Gasteiger partial charge on any atom is 0.220 e. The highest BCUT2D eigenvalue weighted by atomic mass is 16.3. The Morgan fingerprint density at radius 2 is 1.02 bits per heavy atom. The molecule has 2 unspecified atom stereocenters. The summed E-state index contributed by atoms with van der Waals surface area (Å²) in [5.74, 6) is -0.0423. The number of carbonyl (C=O) groups is 1. The number of aliphatic hydroxyl groups excluding tert-OH is 2. The Morgan fingerprint density at radius 1 is 0.581 bits per heavy atom. The van der Waals surface area contributed by atoms with E-state index in [1.54, 1.807) is 0 Å². The van der Waals surface area contributed by atoms with Crippen molar-refractivity contribution in [1.29, 1.82) is 0 Å². The second kappa shape index (κ2) is 34.8. The van der Waals surface area contributed by atoms with Crippen molar-refractivity contribution in [2.45, 2.75) is 187 Å². The molecule has 3 N–H and O–H groups in total. The third kappa shape index (κ3) is 31.6. The molecular weight excluding hydrogens is 530 g/mol. The zero-order chi connectivity index (χ0) is 31.5. The summed E-state index contributed by atoms with van der Waals surface area (Å²) in [5.41, 5.74) is 0. The molecule has 2 atom stereocenters. The van der Waals surface area contributed by atoms with Crippen LogP contribution in [0.1, 0.15) is 174 Å². The van der Waals surface area contributed by atoms with E-state index < -0.39 is 12.1 Å². The van der Waals surface area contributed by atoms with Crippen LogP contribution in [0.4, 0.5) is 0 Å². The van der Waals surface area contributed by atoms with E-state index in [1.807, 2.05) is 0 Å². The molecule has 250 valence electrons. The van der Waals surface area contributed by atoms with Crippen molar-refractivity contribution < 1.29 is 15.0 Å². The fourth-order valence-corrected chi connectivity index (χ4v) is 5.29. The molecule has 0 aromatic carbocycles. The van der Waals surface area contributed by atoms with Gasteiger partial charge in [-0.05, 0) is 51.4 Å². The molecule has 43 heavy (non-hydrogen) atoms. The highest BCUT2D eigenvalue weighted by Crippen LogP contribution is 2.14. The molecule has 1 amide bonds. The van der Waals surface area contributed by atoms with Crippen LogP contribution < -0.4 is 5.32 Å². The van der Waals surface area contributed by atoms with E-state index in [-0.39, 0.29) is 12.5 Å². The van der Waals surface area contributed by atoms with Crippen LogP contribution in [0.15, 0.2) is 48.6 Å². The van der Waals surface area contributed by atoms with Gasteiger partial charge in [-0.25, -0.2) is 0 Å². The Bertz CT molecular complexity index is 697. The molecule has 0 aliphatic carbocycles. The fourth-order valence-electron chi connectivity index (χ4n) is 5.29. The van der Waals surface area contributed by atoms with Crippen LogP contribution >= 0.6 is 0 Å². The summed E-state index contributed by atoms with van der Waals surface area (Å²) in [4.78, 5) is 12.3. The van der Waals surface area contributed by atoms with E-state index in [9.17, 15) is 15.0 Å². The van der Waals surface area contributed by atoms with Crippen LogP contribution in [0.3, 0.4) is 0 Å². The Hall–Kier alpha value is -1.65. The van der Waals surface area contributed by atoms with E-state index in [0.29, 0.717) is 12.8 Å². The minimum atomic E-state index is -0.659. The number of unbranched alkanes of at least 4 members (excludes halogenated alkanes) is 17. The Balaban J connectivity index is 3.54. The van der Waals surface area contributed by atoms with Crippen LogP contribution in [-0.2, 0) is 4.79 Å². The minimum absolute atomic E-state index is 0.0423. The number of allylic oxidation sites excluding steroid dienone is 8. The van der Waals surface area contributed by atoms with Gasteiger partial charge in [0.2, 0.25) is 5.91 Å². The third-order valence-electron chi connectivity index (χ3n) is 8.10. The van der Waals surface area contributed by atoms with Gasteiger partial charge in [-0.15, -0.1) is 0 Å². The molecule has 0 saturated heterocycles. The molecule has 0 aromatic heterocycles. The highest BCUT2D eigenvalue weighted by Gasteiger charge is 2.19. The number of aliphatic hydroxyl groups is 2. The van der Waals surface area contributed by atoms with Gasteiger partial charge in [-0.2, -0.15) is 0 Å². The molecule has 0 saturated carbocycles. The van der Waals surface area contributed by atoms with Gasteiger partial charge in [-0.1, -0.05) is 165 Å². The van der Waals surface area contributed by atoms with E-state index in [0.717, 1.165) is 51.4 Å². The maximum absolute atomic E-state index is 12.3. The van der Waals surface area contributed by atoms with Crippen molar-refractivity contribution in [1.82, 2.24) is 5.32 Å². The quantitative estimate of drug-likeness (QED) is 0.0530. The lowest BCUT2D eigenvalue weighted by atomic mass is 10.0. The normalized spacial score (nSPS) is 13.7. The van der Waals surface area contributed by atoms with Crippen molar-refractivity contribution >= 4 is 5.91 Å². The van der Waals surface area contributed by atoms with Crippen molar-refractivity contribution in [2.75, 3.05) is 6.61 Å². The number of carbonyl (C=O) groups excluding carboxylic acids is 1. The van der Waals surface area contributed by atoms with Gasteiger partial charge >= 0.3 is 0 Å². The van der Waals surface area contributed by atoms with Crippen LogP contribution in [0, 0.1) is 0 Å². The second-order valence-electron chi connectivity index (χ2n) is 12.3. The molecule has 0 fully saturated rings. The standard InChI is InChI=1S/C39H71NO3/c1-3-5-7-9-11-13-14-15-16-17-18-19-20-21-22-23-24-25-26-27-29-31-33-35-39(43)40-37(36-41)38(42)34-32-30-28-12-10-8-6-4-2/h5,7,11,13,15-16,18-19,37-38,41-42H,3-4,6,8-10,12,14,17,20-36H2,1-2H3,(H,40,43)/b7-5-,13-11-,16-15-,19-18-. The summed E-state index contributed by atoms with van der Waals surface area (Å²) in [7, 11) is 0. The van der Waals surface area contributed by atoms with Crippen LogP contribution in [0.5, 0.6) is 0 Å². The molecule has 0 heterocycles. The first-order chi connectivity index (χ1) is 21.2. The van der Waals surface area contributed by atoms with Gasteiger partial charge < -0.3 is 15.5 Å². The van der Waals surface area contributed by atoms with Gasteiger partial charge in [-0.3, -0.25) is 4.79 Å². The highest BCUT2D eigenvalue weighted by molar-refractivity contribution is 5.76. The molecular formula is C39H71NO3. The van der Waals surface area contributed by atoms with Crippen molar-refractivity contribution in [3.05, 3.63) is 48.6 Å². The number of amides is 1. The molecule has 0 rings (SSSR count). The predicted molar refractivity (Wildman–Crippen MR) is 188 cm³/mol. The zero-order valence-corrected chi connectivity index (χ0v) is 28.5. The second-order valence-corrected chi connectivity index (χ2v) is 12.3. The topological polar surface area (TPSA) is 69.6 Å². The number of nitrogens with one attached hydrogen (secondary N) is 1. The average molecular weight is 602 g/mol. The summed E-state index contributed by atoms with van der Waals surface area (Å²) < 4.78 is 0. The Morgan fingerprint density at radius 3 is 1.53 bits per heavy atom. The van der Waals surface area contributed by atoms with Crippen molar-refractivity contribution in [2.24, 2.45) is 0 Å². The van der Waals surface area contributed by atoms with E-state index in [1.165, 1.54) is 96.3 Å². The maximum atomic E-state index is 12.3. The number of rotatable bonds is 32. The summed E-state index contributed by atoms with van der Waals surface area (Å²) in [6.45, 7) is 4.20. The first-order valence-corrected chi connectivity index (χ1v) is 18.3. The molecule has 0 aliphatic heterocycles. The first-order valence-electron chi connectivity index (χ1n) is 18.3. The van der Waals surface area contributed by atoms with Gasteiger partial charge in [0.05, 0.1) is 18.8 Å². The molecule has 4 nitrogen and oxygen atoms in total. The van der Waals surface area contributed by atoms with Gasteiger partial charge in [0, 0.05) is 6.42 Å². The van der Waals surface area contributed by atoms with Crippen LogP contribution in [0.2, 0.25) is 0 Å². The van der Waals surface area contributed by atoms with E-state index in [2.05, 4.69) is 67.8 Å². The van der Waals surface area contributed by atoms with E-state index >= 15 is 0 Å². The van der Waals surface area contributed by atoms with Crippen molar-refractivity contribution in [3.63, 3.8) is 0 Å². The van der Waals surface area contributed by atoms with Gasteiger partial charge in [0.25, 0.3) is 0 Å². The average Bonchev–Trinajstić information content (AvgIpc) is 3.01. The summed E-state index contributed by atoms with van der Waals surface area (Å²) >= 11 is 0. The minimum Gasteiger partial charge on any atom is -0.394 e. The fraction of sp³-hybridized carbons (Fsp3) is 0.769. The molecule has 0 aliphatic rings. The molecule has 4 heteroatoms. The number of hydrogen-bond acceptors (Lipinski definition) is 3. The Kier molecular flexibility index (Phi) is 33.5. The zero-order valence-electron chi connectivity index (χ0n) is 28.5. The summed E-state index contributed by atoms with van der Waals surface area (Å²) in [6, 6.07) is -0.536. The third-order valence-corrected chi connectivity index (χ3v) is 8.10. The van der Waals surface area contributed by atoms with Crippen LogP contribution in [-0.4, -0.2) is 34.9 Å². The molecule has 0 bridgehead atoms. The molecule has 0 aromatic rings. The summed E-state index contributed by atoms with van der Waals surface area (Å²) in [5, 5.41) is 22.9. The SMILES string of the molecule is CC/C=C\C/C=C\C/C=C\C/C=C\CCCCCCCCCCCCC(=O)NC(CO)C(O)CCCCCCCCCC. The smallest absolute Gasteiger partial charge is 0.220 e. The van der Waals surface area contributed by atoms with Gasteiger partial charge in [0.15, 0.2) is 0 Å². The lowest BCUT2D eigenvalue weighted by Gasteiger charge is -2.22. The molecule has 0 radical (unpaired) electrons. The molecule has 0 spiro atoms. The first kappa shape index (κ1) is 41.4. The van der Waals surface area contributed by atoms with Crippen LogP contribution in [0.25, 0.3) is 0 Å². The van der Waals surface area contributed by atoms with Gasteiger partial charge in [0.1, 0.15) is 0 Å². The Labute approximate surface area is 267 Å². The lowest BCUT2D eigenvalue weighted by molar-refractivity contribution is -0.123. The summed E-state index contributed by atoms with van der Waals surface area (Å²) in [6.07, 6.45) is 46.0. The predicted octanol–water partition coefficient (Wildman–Crippen LogP) is 10.8. The number of hydrogen-bond donors (Lipinski definition) is 3. The lowest BCUT2D eigenvalue weighted by Crippen LogP contribution is -2.45. The van der Waals surface area contributed by atoms with E-state index in [4.69, 9.17) is 0 Å².